The Bertz CT molecular complexity index is 1100. The first-order valence-corrected chi connectivity index (χ1v) is 9.79. The normalized spacial score (nSPS) is 11.0. The van der Waals surface area contributed by atoms with Gasteiger partial charge in [-0.3, -0.25) is 9.20 Å². The van der Waals surface area contributed by atoms with E-state index >= 15 is 0 Å². The Morgan fingerprint density at radius 3 is 2.67 bits per heavy atom. The first kappa shape index (κ1) is 17.4. The molecule has 0 radical (unpaired) electrons. The second-order valence-electron chi connectivity index (χ2n) is 6.33. The monoisotopic (exact) mass is 376 g/mol. The average Bonchev–Trinajstić information content (AvgIpc) is 3.23. The van der Waals surface area contributed by atoms with Gasteiger partial charge in [-0.05, 0) is 31.9 Å². The molecular formula is C21H20N4OS. The number of aromatic nitrogens is 3. The van der Waals surface area contributed by atoms with Gasteiger partial charge in [0.1, 0.15) is 22.0 Å². The molecule has 4 rings (SSSR count). The number of hydrogen-bond acceptors (Lipinski definition) is 4. The Morgan fingerprint density at radius 2 is 1.89 bits per heavy atom. The number of benzene rings is 1. The third-order valence-corrected chi connectivity index (χ3v) is 5.54. The number of carbonyl (C=O) groups is 1. The van der Waals surface area contributed by atoms with Crippen LogP contribution in [0.1, 0.15) is 33.7 Å². The van der Waals surface area contributed by atoms with Crippen molar-refractivity contribution in [3.63, 3.8) is 0 Å². The molecule has 3 aromatic heterocycles. The minimum absolute atomic E-state index is 0.143. The topological polar surface area (TPSA) is 59.3 Å². The van der Waals surface area contributed by atoms with Gasteiger partial charge in [0.25, 0.3) is 5.91 Å². The van der Waals surface area contributed by atoms with Crippen molar-refractivity contribution in [2.75, 3.05) is 5.32 Å². The van der Waals surface area contributed by atoms with Gasteiger partial charge in [-0.15, -0.1) is 11.3 Å². The Balaban J connectivity index is 1.76. The van der Waals surface area contributed by atoms with Crippen LogP contribution in [0.25, 0.3) is 16.9 Å². The van der Waals surface area contributed by atoms with Crippen LogP contribution in [0.5, 0.6) is 0 Å². The van der Waals surface area contributed by atoms with Crippen molar-refractivity contribution < 1.29 is 4.79 Å². The number of anilines is 1. The number of rotatable bonds is 5. The minimum atomic E-state index is -0.143. The van der Waals surface area contributed by atoms with Crippen LogP contribution in [0.3, 0.4) is 0 Å². The molecule has 0 spiro atoms. The lowest BCUT2D eigenvalue weighted by atomic mass is 10.1. The third-order valence-electron chi connectivity index (χ3n) is 4.32. The number of pyridine rings is 1. The molecule has 3 heterocycles. The van der Waals surface area contributed by atoms with Crippen molar-refractivity contribution in [1.29, 1.82) is 0 Å². The van der Waals surface area contributed by atoms with E-state index in [0.717, 1.165) is 40.4 Å². The largest absolute Gasteiger partial charge is 0.305 e. The van der Waals surface area contributed by atoms with E-state index in [1.165, 1.54) is 11.3 Å². The minimum Gasteiger partial charge on any atom is -0.305 e. The third kappa shape index (κ3) is 3.36. The smallest absolute Gasteiger partial charge is 0.268 e. The molecule has 0 aliphatic carbocycles. The predicted octanol–water partition coefficient (Wildman–Crippen LogP) is 4.97. The first-order chi connectivity index (χ1) is 13.2. The number of amides is 1. The Labute approximate surface area is 161 Å². The molecule has 6 heteroatoms. The summed E-state index contributed by atoms with van der Waals surface area (Å²) >= 11 is 1.47. The summed E-state index contributed by atoms with van der Waals surface area (Å²) < 4.78 is 1.91. The molecule has 1 amide bonds. The lowest BCUT2D eigenvalue weighted by molar-refractivity contribution is 0.102. The number of hydrogen-bond donors (Lipinski definition) is 1. The van der Waals surface area contributed by atoms with Crippen LogP contribution in [-0.4, -0.2) is 20.3 Å². The first-order valence-electron chi connectivity index (χ1n) is 8.97. The van der Waals surface area contributed by atoms with E-state index < -0.39 is 0 Å². The van der Waals surface area contributed by atoms with E-state index in [0.29, 0.717) is 10.7 Å². The number of nitrogens with zero attached hydrogens (tertiary/aromatic N) is 3. The van der Waals surface area contributed by atoms with Crippen molar-refractivity contribution in [3.8, 4) is 11.3 Å². The van der Waals surface area contributed by atoms with E-state index in [1.54, 1.807) is 0 Å². The van der Waals surface area contributed by atoms with Gasteiger partial charge >= 0.3 is 0 Å². The van der Waals surface area contributed by atoms with Crippen LogP contribution in [0, 0.1) is 6.92 Å². The van der Waals surface area contributed by atoms with Gasteiger partial charge < -0.3 is 5.32 Å². The van der Waals surface area contributed by atoms with E-state index in [-0.39, 0.29) is 5.91 Å². The van der Waals surface area contributed by atoms with E-state index in [9.17, 15) is 4.79 Å². The fourth-order valence-corrected chi connectivity index (χ4v) is 4.12. The van der Waals surface area contributed by atoms with E-state index in [2.05, 4.69) is 17.2 Å². The highest BCUT2D eigenvalue weighted by molar-refractivity contribution is 7.13. The van der Waals surface area contributed by atoms with Gasteiger partial charge in [-0.2, -0.15) is 0 Å². The highest BCUT2D eigenvalue weighted by atomic mass is 32.1. The van der Waals surface area contributed by atoms with Crippen molar-refractivity contribution in [1.82, 2.24) is 14.4 Å². The molecule has 1 N–H and O–H groups in total. The molecule has 1 aromatic carbocycles. The molecule has 0 aliphatic rings. The summed E-state index contributed by atoms with van der Waals surface area (Å²) in [5.41, 5.74) is 3.28. The van der Waals surface area contributed by atoms with Gasteiger partial charge in [0, 0.05) is 11.8 Å². The summed E-state index contributed by atoms with van der Waals surface area (Å²) in [6, 6.07) is 15.7. The van der Waals surface area contributed by atoms with Gasteiger partial charge in [0.05, 0.1) is 10.7 Å². The second kappa shape index (κ2) is 7.32. The SMILES string of the molecule is CCCc1nc(C)c(C(=O)Nc2c(-c3ccccc3)nc3ccccn23)s1. The maximum atomic E-state index is 13.0. The zero-order valence-corrected chi connectivity index (χ0v) is 16.1. The molecule has 0 unspecified atom stereocenters. The lowest BCUT2D eigenvalue weighted by Crippen LogP contribution is -2.13. The molecule has 5 nitrogen and oxygen atoms in total. The van der Waals surface area contributed by atoms with Crippen LogP contribution in [-0.2, 0) is 6.42 Å². The molecule has 0 aliphatic heterocycles. The molecular weight excluding hydrogens is 356 g/mol. The van der Waals surface area contributed by atoms with Crippen LogP contribution >= 0.6 is 11.3 Å². The van der Waals surface area contributed by atoms with Crippen molar-refractivity contribution in [2.24, 2.45) is 0 Å². The highest BCUT2D eigenvalue weighted by Gasteiger charge is 2.20. The maximum absolute atomic E-state index is 13.0. The Hall–Kier alpha value is -2.99. The summed E-state index contributed by atoms with van der Waals surface area (Å²) in [7, 11) is 0. The number of fused-ring (bicyclic) bond motifs is 1. The number of thiazole rings is 1. The molecule has 0 saturated carbocycles. The zero-order chi connectivity index (χ0) is 18.8. The summed E-state index contributed by atoms with van der Waals surface area (Å²) in [6.07, 6.45) is 3.82. The number of imidazole rings is 1. The molecule has 0 saturated heterocycles. The van der Waals surface area contributed by atoms with Crippen LogP contribution in [0.4, 0.5) is 5.82 Å². The summed E-state index contributed by atoms with van der Waals surface area (Å²) in [6.45, 7) is 4.00. The Morgan fingerprint density at radius 1 is 1.11 bits per heavy atom. The van der Waals surface area contributed by atoms with Crippen molar-refractivity contribution in [2.45, 2.75) is 26.7 Å². The fraction of sp³-hybridized carbons (Fsp3) is 0.190. The molecule has 27 heavy (non-hydrogen) atoms. The number of aryl methyl sites for hydroxylation is 2. The van der Waals surface area contributed by atoms with Gasteiger partial charge in [0.2, 0.25) is 0 Å². The fourth-order valence-electron chi connectivity index (χ4n) is 3.06. The number of carbonyl (C=O) groups excluding carboxylic acids is 1. The van der Waals surface area contributed by atoms with Crippen LogP contribution < -0.4 is 5.32 Å². The van der Waals surface area contributed by atoms with E-state index in [1.807, 2.05) is 66.1 Å². The quantitative estimate of drug-likeness (QED) is 0.535. The van der Waals surface area contributed by atoms with Gasteiger partial charge in [0.15, 0.2) is 0 Å². The van der Waals surface area contributed by atoms with Crippen LogP contribution in [0.2, 0.25) is 0 Å². The highest BCUT2D eigenvalue weighted by Crippen LogP contribution is 2.30. The van der Waals surface area contributed by atoms with Crippen LogP contribution in [0.15, 0.2) is 54.7 Å². The maximum Gasteiger partial charge on any atom is 0.268 e. The standard InChI is InChI=1S/C21H20N4OS/c1-3-9-17-22-14(2)19(27-17)21(26)24-20-18(15-10-5-4-6-11-15)23-16-12-7-8-13-25(16)20/h4-8,10-13H,3,9H2,1-2H3,(H,24,26). The molecule has 0 fully saturated rings. The van der Waals surface area contributed by atoms with Crippen molar-refractivity contribution >= 4 is 28.7 Å². The Kier molecular flexibility index (Phi) is 4.73. The molecule has 136 valence electrons. The number of nitrogens with one attached hydrogen (secondary N) is 1. The average molecular weight is 376 g/mol. The van der Waals surface area contributed by atoms with E-state index in [4.69, 9.17) is 4.98 Å². The predicted molar refractivity (Wildman–Crippen MR) is 109 cm³/mol. The van der Waals surface area contributed by atoms with Crippen molar-refractivity contribution in [3.05, 3.63) is 70.3 Å². The molecule has 0 atom stereocenters. The summed E-state index contributed by atoms with van der Waals surface area (Å²) in [4.78, 5) is 22.9. The van der Waals surface area contributed by atoms with Gasteiger partial charge in [-0.25, -0.2) is 9.97 Å². The molecule has 4 aromatic rings. The summed E-state index contributed by atoms with van der Waals surface area (Å²) in [5, 5.41) is 4.08. The summed E-state index contributed by atoms with van der Waals surface area (Å²) in [5.74, 6) is 0.529. The molecule has 0 bridgehead atoms. The lowest BCUT2D eigenvalue weighted by Gasteiger charge is -2.07. The second-order valence-corrected chi connectivity index (χ2v) is 7.41. The zero-order valence-electron chi connectivity index (χ0n) is 15.3. The van der Waals surface area contributed by atoms with Gasteiger partial charge in [-0.1, -0.05) is 43.3 Å².